The first kappa shape index (κ1) is 14.3. The summed E-state index contributed by atoms with van der Waals surface area (Å²) >= 11 is 5.92. The van der Waals surface area contributed by atoms with Crippen LogP contribution in [0.5, 0.6) is 0 Å². The van der Waals surface area contributed by atoms with Gasteiger partial charge in [-0.25, -0.2) is 0 Å². The predicted octanol–water partition coefficient (Wildman–Crippen LogP) is 1.31. The zero-order chi connectivity index (χ0) is 13.5. The van der Waals surface area contributed by atoms with Crippen LogP contribution >= 0.6 is 11.6 Å². The molecule has 2 amide bonds. The number of carbonyl (C=O) groups is 2. The fourth-order valence-corrected chi connectivity index (χ4v) is 1.66. The number of unbranched alkanes of at least 4 members (excludes halogenated alkanes) is 1. The van der Waals surface area contributed by atoms with E-state index in [0.29, 0.717) is 37.1 Å². The molecule has 0 bridgehead atoms. The van der Waals surface area contributed by atoms with Crippen LogP contribution in [-0.4, -0.2) is 18.4 Å². The van der Waals surface area contributed by atoms with Crippen LogP contribution in [0.1, 0.15) is 29.6 Å². The lowest BCUT2D eigenvalue weighted by Crippen LogP contribution is -2.25. The zero-order valence-electron chi connectivity index (χ0n) is 9.91. The number of benzene rings is 1. The Morgan fingerprint density at radius 3 is 2.67 bits per heavy atom. The Morgan fingerprint density at radius 2 is 2.00 bits per heavy atom. The van der Waals surface area contributed by atoms with Gasteiger partial charge in [-0.2, -0.15) is 0 Å². The molecule has 0 aliphatic rings. The number of nitrogens with one attached hydrogen (secondary N) is 1. The molecular formula is C12H16ClN3O2. The standard InChI is InChI=1S/C12H16ClN3O2/c13-11-8(4-3-5-9(11)14)12(18)16-7-2-1-6-10(15)17/h3-5H,1-2,6-7,14H2,(H2,15,17)(H,16,18). The fraction of sp³-hybridized carbons (Fsp3) is 0.333. The molecule has 0 fully saturated rings. The molecule has 5 nitrogen and oxygen atoms in total. The zero-order valence-corrected chi connectivity index (χ0v) is 10.7. The van der Waals surface area contributed by atoms with Crippen molar-refractivity contribution in [1.29, 1.82) is 0 Å². The van der Waals surface area contributed by atoms with E-state index in [2.05, 4.69) is 5.32 Å². The maximum atomic E-state index is 11.8. The normalized spacial score (nSPS) is 10.1. The Kier molecular flexibility index (Phi) is 5.45. The quantitative estimate of drug-likeness (QED) is 0.536. The van der Waals surface area contributed by atoms with E-state index in [-0.39, 0.29) is 16.8 Å². The number of hydrogen-bond acceptors (Lipinski definition) is 3. The number of primary amides is 1. The average molecular weight is 270 g/mol. The van der Waals surface area contributed by atoms with Gasteiger partial charge in [0.1, 0.15) is 0 Å². The summed E-state index contributed by atoms with van der Waals surface area (Å²) in [6.07, 6.45) is 1.67. The van der Waals surface area contributed by atoms with Crippen molar-refractivity contribution in [3.05, 3.63) is 28.8 Å². The smallest absolute Gasteiger partial charge is 0.252 e. The molecule has 5 N–H and O–H groups in total. The van der Waals surface area contributed by atoms with Gasteiger partial charge >= 0.3 is 0 Å². The van der Waals surface area contributed by atoms with Gasteiger partial charge in [0.25, 0.3) is 5.91 Å². The molecule has 6 heteroatoms. The van der Waals surface area contributed by atoms with E-state index in [4.69, 9.17) is 23.1 Å². The second-order valence-electron chi connectivity index (χ2n) is 3.89. The highest BCUT2D eigenvalue weighted by Gasteiger charge is 2.11. The lowest BCUT2D eigenvalue weighted by Gasteiger charge is -2.07. The van der Waals surface area contributed by atoms with Crippen molar-refractivity contribution >= 4 is 29.1 Å². The highest BCUT2D eigenvalue weighted by atomic mass is 35.5. The summed E-state index contributed by atoms with van der Waals surface area (Å²) in [5, 5.41) is 2.97. The lowest BCUT2D eigenvalue weighted by atomic mass is 10.2. The molecule has 1 aromatic carbocycles. The van der Waals surface area contributed by atoms with E-state index in [1.165, 1.54) is 0 Å². The van der Waals surface area contributed by atoms with Gasteiger partial charge in [-0.05, 0) is 25.0 Å². The highest BCUT2D eigenvalue weighted by molar-refractivity contribution is 6.36. The molecule has 0 atom stereocenters. The van der Waals surface area contributed by atoms with Gasteiger partial charge in [-0.3, -0.25) is 9.59 Å². The van der Waals surface area contributed by atoms with Crippen LogP contribution in [0.2, 0.25) is 5.02 Å². The van der Waals surface area contributed by atoms with Crippen LogP contribution in [-0.2, 0) is 4.79 Å². The number of nitrogen functional groups attached to an aromatic ring is 1. The van der Waals surface area contributed by atoms with Crippen LogP contribution < -0.4 is 16.8 Å². The summed E-state index contributed by atoms with van der Waals surface area (Å²) in [4.78, 5) is 22.3. The summed E-state index contributed by atoms with van der Waals surface area (Å²) < 4.78 is 0. The molecule has 0 spiro atoms. The largest absolute Gasteiger partial charge is 0.398 e. The molecular weight excluding hydrogens is 254 g/mol. The van der Waals surface area contributed by atoms with Crippen LogP contribution in [0, 0.1) is 0 Å². The van der Waals surface area contributed by atoms with Crippen LogP contribution in [0.4, 0.5) is 5.69 Å². The van der Waals surface area contributed by atoms with Gasteiger partial charge in [-0.1, -0.05) is 17.7 Å². The van der Waals surface area contributed by atoms with E-state index in [0.717, 1.165) is 0 Å². The van der Waals surface area contributed by atoms with Crippen molar-refractivity contribution < 1.29 is 9.59 Å². The van der Waals surface area contributed by atoms with Gasteiger partial charge in [-0.15, -0.1) is 0 Å². The van der Waals surface area contributed by atoms with Crippen molar-refractivity contribution in [2.45, 2.75) is 19.3 Å². The Morgan fingerprint density at radius 1 is 1.28 bits per heavy atom. The highest BCUT2D eigenvalue weighted by Crippen LogP contribution is 2.22. The molecule has 0 aromatic heterocycles. The molecule has 0 aliphatic carbocycles. The van der Waals surface area contributed by atoms with Crippen molar-refractivity contribution in [3.63, 3.8) is 0 Å². The minimum Gasteiger partial charge on any atom is -0.398 e. The number of nitrogens with two attached hydrogens (primary N) is 2. The monoisotopic (exact) mass is 269 g/mol. The summed E-state index contributed by atoms with van der Waals surface area (Å²) in [5.41, 5.74) is 11.3. The van der Waals surface area contributed by atoms with Gasteiger partial charge in [0.15, 0.2) is 0 Å². The van der Waals surface area contributed by atoms with E-state index in [1.807, 2.05) is 0 Å². The molecule has 18 heavy (non-hydrogen) atoms. The Hall–Kier alpha value is -1.75. The van der Waals surface area contributed by atoms with Gasteiger partial charge in [0, 0.05) is 13.0 Å². The molecule has 0 radical (unpaired) electrons. The van der Waals surface area contributed by atoms with Crippen LogP contribution in [0.25, 0.3) is 0 Å². The van der Waals surface area contributed by atoms with E-state index < -0.39 is 0 Å². The Labute approximate surface area is 110 Å². The first-order chi connectivity index (χ1) is 8.52. The second kappa shape index (κ2) is 6.86. The topological polar surface area (TPSA) is 98.2 Å². The second-order valence-corrected chi connectivity index (χ2v) is 4.27. The molecule has 0 unspecified atom stereocenters. The maximum absolute atomic E-state index is 11.8. The molecule has 0 aliphatic heterocycles. The SMILES string of the molecule is NC(=O)CCCCNC(=O)c1cccc(N)c1Cl. The number of rotatable bonds is 6. The lowest BCUT2D eigenvalue weighted by molar-refractivity contribution is -0.118. The molecule has 1 aromatic rings. The van der Waals surface area contributed by atoms with E-state index >= 15 is 0 Å². The molecule has 0 saturated carbocycles. The van der Waals surface area contributed by atoms with Crippen molar-refractivity contribution in [3.8, 4) is 0 Å². The molecule has 1 rings (SSSR count). The molecule has 0 saturated heterocycles. The minimum atomic E-state index is -0.333. The van der Waals surface area contributed by atoms with Crippen molar-refractivity contribution in [2.24, 2.45) is 5.73 Å². The maximum Gasteiger partial charge on any atom is 0.252 e. The van der Waals surface area contributed by atoms with Crippen LogP contribution in [0.15, 0.2) is 18.2 Å². The van der Waals surface area contributed by atoms with Gasteiger partial charge < -0.3 is 16.8 Å². The summed E-state index contributed by atoms with van der Waals surface area (Å²) in [6.45, 7) is 0.469. The number of amides is 2. The average Bonchev–Trinajstić information content (AvgIpc) is 2.31. The minimum absolute atomic E-state index is 0.257. The third-order valence-corrected chi connectivity index (χ3v) is 2.83. The van der Waals surface area contributed by atoms with Gasteiger partial charge in [0.2, 0.25) is 5.91 Å². The van der Waals surface area contributed by atoms with Gasteiger partial charge in [0.05, 0.1) is 16.3 Å². The first-order valence-electron chi connectivity index (χ1n) is 5.63. The molecule has 0 heterocycles. The van der Waals surface area contributed by atoms with E-state index in [9.17, 15) is 9.59 Å². The van der Waals surface area contributed by atoms with E-state index in [1.54, 1.807) is 18.2 Å². The van der Waals surface area contributed by atoms with Crippen molar-refractivity contribution in [2.75, 3.05) is 12.3 Å². The predicted molar refractivity (Wildman–Crippen MR) is 71.2 cm³/mol. The third kappa shape index (κ3) is 4.25. The summed E-state index contributed by atoms with van der Waals surface area (Å²) in [5.74, 6) is -0.605. The summed E-state index contributed by atoms with van der Waals surface area (Å²) in [7, 11) is 0. The van der Waals surface area contributed by atoms with Crippen LogP contribution in [0.3, 0.4) is 0 Å². The third-order valence-electron chi connectivity index (χ3n) is 2.41. The number of hydrogen-bond donors (Lipinski definition) is 3. The number of carbonyl (C=O) groups excluding carboxylic acids is 2. The summed E-state index contributed by atoms with van der Waals surface area (Å²) in [6, 6.07) is 4.91. The fourth-order valence-electron chi connectivity index (χ4n) is 1.45. The number of halogens is 1. The molecule has 98 valence electrons. The Balaban J connectivity index is 2.41. The number of anilines is 1. The first-order valence-corrected chi connectivity index (χ1v) is 6.00. The Bertz CT molecular complexity index is 449. The van der Waals surface area contributed by atoms with Crippen molar-refractivity contribution in [1.82, 2.24) is 5.32 Å².